The summed E-state index contributed by atoms with van der Waals surface area (Å²) in [5, 5.41) is 11.5. The molecule has 0 aliphatic heterocycles. The Morgan fingerprint density at radius 3 is 2.87 bits per heavy atom. The van der Waals surface area contributed by atoms with E-state index >= 15 is 0 Å². The fourth-order valence-corrected chi connectivity index (χ4v) is 3.13. The second-order valence-electron chi connectivity index (χ2n) is 5.22. The van der Waals surface area contributed by atoms with Crippen LogP contribution in [-0.4, -0.2) is 31.0 Å². The lowest BCUT2D eigenvalue weighted by atomic mass is 10.4. The van der Waals surface area contributed by atoms with Gasteiger partial charge in [-0.1, -0.05) is 35.0 Å². The Hall–Kier alpha value is -1.51. The molecule has 2 heterocycles. The molecule has 23 heavy (non-hydrogen) atoms. The highest BCUT2D eigenvalue weighted by Gasteiger charge is 2.30. The van der Waals surface area contributed by atoms with Crippen LogP contribution >= 0.6 is 35.0 Å². The number of hydrogen-bond donors (Lipinski definition) is 2. The van der Waals surface area contributed by atoms with E-state index in [1.54, 1.807) is 6.92 Å². The van der Waals surface area contributed by atoms with Crippen molar-refractivity contribution in [3.05, 3.63) is 28.1 Å². The molecule has 3 N–H and O–H groups in total. The fourth-order valence-electron chi connectivity index (χ4n) is 1.93. The highest BCUT2D eigenvalue weighted by molar-refractivity contribution is 8.00. The quantitative estimate of drug-likeness (QED) is 0.618. The zero-order valence-electron chi connectivity index (χ0n) is 12.2. The number of pyridine rings is 1. The van der Waals surface area contributed by atoms with Gasteiger partial charge in [-0.2, -0.15) is 0 Å². The van der Waals surface area contributed by atoms with Crippen molar-refractivity contribution in [3.63, 3.8) is 0 Å². The van der Waals surface area contributed by atoms with E-state index in [1.165, 1.54) is 28.7 Å². The molecule has 1 atom stereocenters. The molecule has 1 fully saturated rings. The number of hydrogen-bond acceptors (Lipinski definition) is 6. The fraction of sp³-hybridized carbons (Fsp3) is 0.385. The molecule has 2 aromatic rings. The first kappa shape index (κ1) is 16.4. The van der Waals surface area contributed by atoms with E-state index < -0.39 is 5.25 Å². The molecule has 0 aromatic carbocycles. The average Bonchev–Trinajstić information content (AvgIpc) is 3.28. The third-order valence-electron chi connectivity index (χ3n) is 3.33. The highest BCUT2D eigenvalue weighted by Crippen LogP contribution is 2.39. The Labute approximate surface area is 146 Å². The second kappa shape index (κ2) is 6.54. The number of nitrogens with one attached hydrogen (secondary N) is 1. The predicted octanol–water partition coefficient (Wildman–Crippen LogP) is 2.69. The van der Waals surface area contributed by atoms with E-state index in [4.69, 9.17) is 29.0 Å². The molecule has 0 spiro atoms. The van der Waals surface area contributed by atoms with Crippen LogP contribution in [0.25, 0.3) is 0 Å². The third-order valence-corrected chi connectivity index (χ3v) is 4.89. The molecule has 122 valence electrons. The summed E-state index contributed by atoms with van der Waals surface area (Å²) in [4.78, 5) is 16.3. The summed E-state index contributed by atoms with van der Waals surface area (Å²) in [6.07, 6.45) is 3.58. The smallest absolute Gasteiger partial charge is 0.238 e. The summed E-state index contributed by atoms with van der Waals surface area (Å²) < 4.78 is 1.46. The van der Waals surface area contributed by atoms with Crippen LogP contribution < -0.4 is 11.2 Å². The lowest BCUT2D eigenvalue weighted by molar-refractivity contribution is -0.115. The SMILES string of the molecule is C[C@H](Sc1nnc(C2CC2)n1N)C(=O)Nc1ncc(Cl)cc1Cl. The Kier molecular flexibility index (Phi) is 4.65. The maximum atomic E-state index is 12.3. The minimum Gasteiger partial charge on any atom is -0.336 e. The van der Waals surface area contributed by atoms with Gasteiger partial charge in [-0.3, -0.25) is 4.79 Å². The number of nitrogens with two attached hydrogens (primary N) is 1. The molecule has 10 heteroatoms. The summed E-state index contributed by atoms with van der Waals surface area (Å²) in [5.41, 5.74) is 0. The molecule has 0 bridgehead atoms. The molecular weight excluding hydrogens is 359 g/mol. The largest absolute Gasteiger partial charge is 0.336 e. The number of thioether (sulfide) groups is 1. The zero-order valence-corrected chi connectivity index (χ0v) is 14.5. The van der Waals surface area contributed by atoms with Gasteiger partial charge >= 0.3 is 0 Å². The molecule has 3 rings (SSSR count). The molecule has 1 amide bonds. The van der Waals surface area contributed by atoms with E-state index in [0.717, 1.165) is 18.7 Å². The van der Waals surface area contributed by atoms with Gasteiger partial charge in [0.15, 0.2) is 11.6 Å². The number of halogens is 2. The number of carbonyl (C=O) groups excluding carboxylic acids is 1. The number of nitrogens with zero attached hydrogens (tertiary/aromatic N) is 4. The van der Waals surface area contributed by atoms with Crippen LogP contribution in [0.3, 0.4) is 0 Å². The lowest BCUT2D eigenvalue weighted by Gasteiger charge is -2.12. The van der Waals surface area contributed by atoms with Crippen molar-refractivity contribution in [2.75, 3.05) is 11.2 Å². The number of carbonyl (C=O) groups is 1. The van der Waals surface area contributed by atoms with Crippen molar-refractivity contribution in [3.8, 4) is 0 Å². The van der Waals surface area contributed by atoms with Crippen molar-refractivity contribution in [1.82, 2.24) is 19.9 Å². The van der Waals surface area contributed by atoms with Crippen LogP contribution in [0.15, 0.2) is 17.4 Å². The summed E-state index contributed by atoms with van der Waals surface area (Å²) in [6.45, 7) is 1.75. The van der Waals surface area contributed by atoms with E-state index in [0.29, 0.717) is 16.1 Å². The Morgan fingerprint density at radius 2 is 2.22 bits per heavy atom. The Morgan fingerprint density at radius 1 is 1.48 bits per heavy atom. The topological polar surface area (TPSA) is 98.7 Å². The molecule has 0 saturated heterocycles. The highest BCUT2D eigenvalue weighted by atomic mass is 35.5. The van der Waals surface area contributed by atoms with E-state index in [2.05, 4.69) is 20.5 Å². The molecule has 2 aromatic heterocycles. The molecule has 1 aliphatic rings. The van der Waals surface area contributed by atoms with Gasteiger partial charge in [0, 0.05) is 12.1 Å². The van der Waals surface area contributed by atoms with E-state index in [9.17, 15) is 4.79 Å². The zero-order chi connectivity index (χ0) is 16.6. The summed E-state index contributed by atoms with van der Waals surface area (Å²) >= 11 is 13.0. The number of aromatic nitrogens is 4. The molecule has 0 unspecified atom stereocenters. The molecule has 1 aliphatic carbocycles. The molecular formula is C13H14Cl2N6OS. The van der Waals surface area contributed by atoms with Crippen LogP contribution in [-0.2, 0) is 4.79 Å². The summed E-state index contributed by atoms with van der Waals surface area (Å²) in [5.74, 6) is 7.14. The van der Waals surface area contributed by atoms with Gasteiger partial charge in [0.25, 0.3) is 0 Å². The molecule has 7 nitrogen and oxygen atoms in total. The first-order chi connectivity index (χ1) is 11.0. The van der Waals surface area contributed by atoms with Gasteiger partial charge in [0.05, 0.1) is 15.3 Å². The van der Waals surface area contributed by atoms with Crippen LogP contribution in [0.4, 0.5) is 5.82 Å². The summed E-state index contributed by atoms with van der Waals surface area (Å²) in [6, 6.07) is 1.52. The van der Waals surface area contributed by atoms with Gasteiger partial charge in [-0.25, -0.2) is 9.66 Å². The first-order valence-electron chi connectivity index (χ1n) is 6.94. The van der Waals surface area contributed by atoms with Gasteiger partial charge in [-0.15, -0.1) is 10.2 Å². The maximum absolute atomic E-state index is 12.3. The number of anilines is 1. The minimum atomic E-state index is -0.443. The van der Waals surface area contributed by atoms with Crippen molar-refractivity contribution in [1.29, 1.82) is 0 Å². The first-order valence-corrected chi connectivity index (χ1v) is 8.58. The Bertz CT molecular complexity index is 748. The van der Waals surface area contributed by atoms with Crippen molar-refractivity contribution >= 4 is 46.7 Å². The van der Waals surface area contributed by atoms with Crippen LogP contribution in [0.2, 0.25) is 10.0 Å². The third kappa shape index (κ3) is 3.70. The minimum absolute atomic E-state index is 0.261. The number of amides is 1. The van der Waals surface area contributed by atoms with Gasteiger partial charge in [0.1, 0.15) is 0 Å². The van der Waals surface area contributed by atoms with Gasteiger partial charge < -0.3 is 11.2 Å². The monoisotopic (exact) mass is 372 g/mol. The average molecular weight is 373 g/mol. The second-order valence-corrected chi connectivity index (χ2v) is 7.37. The maximum Gasteiger partial charge on any atom is 0.238 e. The van der Waals surface area contributed by atoms with Gasteiger partial charge in [0.2, 0.25) is 11.1 Å². The lowest BCUT2D eigenvalue weighted by Crippen LogP contribution is -2.24. The van der Waals surface area contributed by atoms with Crippen molar-refractivity contribution in [2.45, 2.75) is 36.1 Å². The molecule has 0 radical (unpaired) electrons. The van der Waals surface area contributed by atoms with Crippen LogP contribution in [0, 0.1) is 0 Å². The van der Waals surface area contributed by atoms with Crippen molar-refractivity contribution in [2.24, 2.45) is 0 Å². The van der Waals surface area contributed by atoms with Crippen LogP contribution in [0.1, 0.15) is 31.5 Å². The normalized spacial score (nSPS) is 15.4. The predicted molar refractivity (Wildman–Crippen MR) is 90.4 cm³/mol. The van der Waals surface area contributed by atoms with E-state index in [1.807, 2.05) is 0 Å². The standard InChI is InChI=1S/C13H14Cl2N6OS/c1-6(12(22)18-10-9(15)4-8(14)5-17-10)23-13-20-19-11(21(13)16)7-2-3-7/h4-7H,2-3,16H2,1H3,(H,17,18,22)/t6-/m0/s1. The Balaban J connectivity index is 1.65. The van der Waals surface area contributed by atoms with Gasteiger partial charge in [-0.05, 0) is 25.8 Å². The summed E-state index contributed by atoms with van der Waals surface area (Å²) in [7, 11) is 0. The number of rotatable bonds is 5. The molecule has 1 saturated carbocycles. The van der Waals surface area contributed by atoms with Crippen LogP contribution in [0.5, 0.6) is 0 Å². The van der Waals surface area contributed by atoms with E-state index in [-0.39, 0.29) is 16.7 Å². The number of nitrogen functional groups attached to an aromatic ring is 1. The van der Waals surface area contributed by atoms with Crippen molar-refractivity contribution < 1.29 is 4.79 Å².